The van der Waals surface area contributed by atoms with E-state index in [0.717, 1.165) is 18.0 Å². The van der Waals surface area contributed by atoms with Crippen LogP contribution in [0.3, 0.4) is 0 Å². The summed E-state index contributed by atoms with van der Waals surface area (Å²) >= 11 is 5.93. The van der Waals surface area contributed by atoms with Gasteiger partial charge in [0.15, 0.2) is 0 Å². The average Bonchev–Trinajstić information content (AvgIpc) is 2.76. The Labute approximate surface area is 119 Å². The van der Waals surface area contributed by atoms with Gasteiger partial charge < -0.3 is 9.30 Å². The maximum atomic E-state index is 5.93. The molecule has 0 aliphatic rings. The Kier molecular flexibility index (Phi) is 4.48. The Bertz CT molecular complexity index is 534. The summed E-state index contributed by atoms with van der Waals surface area (Å²) < 4.78 is 7.53. The van der Waals surface area contributed by atoms with E-state index in [1.807, 2.05) is 23.7 Å². The Hall–Kier alpha value is -1.48. The lowest BCUT2D eigenvalue weighted by atomic mass is 9.99. The molecule has 1 atom stereocenters. The predicted molar refractivity (Wildman–Crippen MR) is 77.7 cm³/mol. The summed E-state index contributed by atoms with van der Waals surface area (Å²) in [6.07, 6.45) is 2.78. The molecular weight excluding hydrogens is 260 g/mol. The molecule has 0 radical (unpaired) electrons. The zero-order chi connectivity index (χ0) is 13.8. The smallest absolute Gasteiger partial charge is 0.147 e. The summed E-state index contributed by atoms with van der Waals surface area (Å²) in [5.74, 6) is 2.25. The first-order valence-corrected chi connectivity index (χ1v) is 6.88. The van der Waals surface area contributed by atoms with E-state index in [1.165, 1.54) is 5.56 Å². The van der Waals surface area contributed by atoms with Crippen LogP contribution in [0.5, 0.6) is 5.75 Å². The SMILES string of the molecule is CCC(C)c1ccc(OCc2ncc(Cl)n2C)cc1. The molecule has 0 aliphatic carbocycles. The van der Waals surface area contributed by atoms with E-state index in [2.05, 4.69) is 31.0 Å². The van der Waals surface area contributed by atoms with Gasteiger partial charge >= 0.3 is 0 Å². The number of imidazole rings is 1. The number of benzene rings is 1. The van der Waals surface area contributed by atoms with Crippen LogP contribution < -0.4 is 4.74 Å². The highest BCUT2D eigenvalue weighted by atomic mass is 35.5. The lowest BCUT2D eigenvalue weighted by Crippen LogP contribution is -2.03. The van der Waals surface area contributed by atoms with E-state index in [1.54, 1.807) is 6.20 Å². The van der Waals surface area contributed by atoms with Gasteiger partial charge in [-0.05, 0) is 30.0 Å². The molecule has 0 saturated carbocycles. The summed E-state index contributed by atoms with van der Waals surface area (Å²) in [6, 6.07) is 8.25. The minimum Gasteiger partial charge on any atom is -0.486 e. The van der Waals surface area contributed by atoms with Gasteiger partial charge in [-0.3, -0.25) is 0 Å². The molecule has 2 aromatic rings. The number of rotatable bonds is 5. The second-order valence-electron chi connectivity index (χ2n) is 4.72. The first-order valence-electron chi connectivity index (χ1n) is 6.50. The van der Waals surface area contributed by atoms with E-state index < -0.39 is 0 Å². The van der Waals surface area contributed by atoms with Gasteiger partial charge in [-0.2, -0.15) is 0 Å². The number of ether oxygens (including phenoxy) is 1. The van der Waals surface area contributed by atoms with Crippen LogP contribution in [-0.4, -0.2) is 9.55 Å². The molecule has 1 heterocycles. The minimum absolute atomic E-state index is 0.423. The molecule has 2 rings (SSSR count). The summed E-state index contributed by atoms with van der Waals surface area (Å²) in [7, 11) is 1.88. The number of nitrogens with zero attached hydrogens (tertiary/aromatic N) is 2. The molecule has 0 bridgehead atoms. The first kappa shape index (κ1) is 13.9. The Balaban J connectivity index is 1.98. The molecule has 0 N–H and O–H groups in total. The van der Waals surface area contributed by atoms with E-state index in [0.29, 0.717) is 17.7 Å². The summed E-state index contributed by atoms with van der Waals surface area (Å²) in [4.78, 5) is 4.20. The molecule has 19 heavy (non-hydrogen) atoms. The van der Waals surface area contributed by atoms with Crippen LogP contribution in [0.15, 0.2) is 30.5 Å². The monoisotopic (exact) mass is 278 g/mol. The number of halogens is 1. The molecular formula is C15H19ClN2O. The van der Waals surface area contributed by atoms with Crippen molar-refractivity contribution in [3.8, 4) is 5.75 Å². The van der Waals surface area contributed by atoms with Crippen molar-refractivity contribution in [2.75, 3.05) is 0 Å². The van der Waals surface area contributed by atoms with Gasteiger partial charge in [-0.15, -0.1) is 0 Å². The van der Waals surface area contributed by atoms with Crippen LogP contribution in [0, 0.1) is 0 Å². The standard InChI is InChI=1S/C15H19ClN2O/c1-4-11(2)12-5-7-13(8-6-12)19-10-15-17-9-14(16)18(15)3/h5-9,11H,4,10H2,1-3H3. The third-order valence-corrected chi connectivity index (χ3v) is 3.81. The molecule has 1 aromatic carbocycles. The van der Waals surface area contributed by atoms with Gasteiger partial charge in [0.05, 0.1) is 6.20 Å². The normalized spacial score (nSPS) is 12.4. The van der Waals surface area contributed by atoms with E-state index in [-0.39, 0.29) is 0 Å². The molecule has 0 spiro atoms. The highest BCUT2D eigenvalue weighted by Crippen LogP contribution is 2.22. The van der Waals surface area contributed by atoms with Crippen molar-refractivity contribution in [1.29, 1.82) is 0 Å². The Morgan fingerprint density at radius 3 is 2.53 bits per heavy atom. The number of hydrogen-bond acceptors (Lipinski definition) is 2. The molecule has 0 amide bonds. The lowest BCUT2D eigenvalue weighted by molar-refractivity contribution is 0.291. The summed E-state index contributed by atoms with van der Waals surface area (Å²) in [5.41, 5.74) is 1.34. The fraction of sp³-hybridized carbons (Fsp3) is 0.400. The van der Waals surface area contributed by atoms with Gasteiger partial charge in [-0.25, -0.2) is 4.98 Å². The van der Waals surface area contributed by atoms with Crippen LogP contribution in [0.25, 0.3) is 0 Å². The maximum absolute atomic E-state index is 5.93. The summed E-state index contributed by atoms with van der Waals surface area (Å²) in [5, 5.41) is 0.616. The fourth-order valence-corrected chi connectivity index (χ4v) is 1.98. The van der Waals surface area contributed by atoms with Gasteiger partial charge in [0.2, 0.25) is 0 Å². The van der Waals surface area contributed by atoms with Gasteiger partial charge in [0, 0.05) is 7.05 Å². The molecule has 3 nitrogen and oxygen atoms in total. The topological polar surface area (TPSA) is 27.1 Å². The molecule has 4 heteroatoms. The Morgan fingerprint density at radius 2 is 2.00 bits per heavy atom. The molecule has 1 aromatic heterocycles. The zero-order valence-corrected chi connectivity index (χ0v) is 12.3. The third-order valence-electron chi connectivity index (χ3n) is 3.46. The number of aromatic nitrogens is 2. The molecule has 0 saturated heterocycles. The van der Waals surface area contributed by atoms with Crippen LogP contribution in [-0.2, 0) is 13.7 Å². The highest BCUT2D eigenvalue weighted by molar-refractivity contribution is 6.29. The average molecular weight is 279 g/mol. The van der Waals surface area contributed by atoms with E-state index in [9.17, 15) is 0 Å². The van der Waals surface area contributed by atoms with Gasteiger partial charge in [0.25, 0.3) is 0 Å². The Morgan fingerprint density at radius 1 is 1.32 bits per heavy atom. The van der Waals surface area contributed by atoms with Crippen LogP contribution in [0.4, 0.5) is 0 Å². The summed E-state index contributed by atoms with van der Waals surface area (Å²) in [6.45, 7) is 4.84. The van der Waals surface area contributed by atoms with Gasteiger partial charge in [0.1, 0.15) is 23.3 Å². The van der Waals surface area contributed by atoms with Crippen LogP contribution in [0.2, 0.25) is 5.15 Å². The fourth-order valence-electron chi connectivity index (χ4n) is 1.83. The van der Waals surface area contributed by atoms with Crippen LogP contribution in [0.1, 0.15) is 37.6 Å². The van der Waals surface area contributed by atoms with E-state index in [4.69, 9.17) is 16.3 Å². The number of hydrogen-bond donors (Lipinski definition) is 0. The maximum Gasteiger partial charge on any atom is 0.147 e. The second kappa shape index (κ2) is 6.11. The van der Waals surface area contributed by atoms with Crippen molar-refractivity contribution < 1.29 is 4.74 Å². The second-order valence-corrected chi connectivity index (χ2v) is 5.11. The first-order chi connectivity index (χ1) is 9.11. The molecule has 102 valence electrons. The van der Waals surface area contributed by atoms with Crippen molar-refractivity contribution in [2.24, 2.45) is 7.05 Å². The van der Waals surface area contributed by atoms with Gasteiger partial charge in [-0.1, -0.05) is 37.6 Å². The quantitative estimate of drug-likeness (QED) is 0.821. The highest BCUT2D eigenvalue weighted by Gasteiger charge is 2.06. The van der Waals surface area contributed by atoms with Crippen molar-refractivity contribution in [3.63, 3.8) is 0 Å². The third kappa shape index (κ3) is 3.29. The van der Waals surface area contributed by atoms with E-state index >= 15 is 0 Å². The van der Waals surface area contributed by atoms with Crippen molar-refractivity contribution >= 4 is 11.6 Å². The van der Waals surface area contributed by atoms with Crippen molar-refractivity contribution in [2.45, 2.75) is 32.8 Å². The minimum atomic E-state index is 0.423. The van der Waals surface area contributed by atoms with Crippen molar-refractivity contribution in [3.05, 3.63) is 47.0 Å². The zero-order valence-electron chi connectivity index (χ0n) is 11.6. The lowest BCUT2D eigenvalue weighted by Gasteiger charge is -2.10. The predicted octanol–water partition coefficient (Wildman–Crippen LogP) is 4.17. The largest absolute Gasteiger partial charge is 0.486 e. The molecule has 1 unspecified atom stereocenters. The molecule has 0 fully saturated rings. The molecule has 0 aliphatic heterocycles. The van der Waals surface area contributed by atoms with Crippen molar-refractivity contribution in [1.82, 2.24) is 9.55 Å². The van der Waals surface area contributed by atoms with Crippen LogP contribution >= 0.6 is 11.6 Å².